The number of nitrogens with one attached hydrogen (secondary N) is 1. The van der Waals surface area contributed by atoms with Crippen LogP contribution >= 0.6 is 0 Å². The van der Waals surface area contributed by atoms with Crippen molar-refractivity contribution in [1.29, 1.82) is 5.26 Å². The molecule has 53 heavy (non-hydrogen) atoms. The van der Waals surface area contributed by atoms with E-state index in [1.54, 1.807) is 24.0 Å². The molecule has 4 aliphatic heterocycles. The number of ether oxygens (including phenoxy) is 4. The molecule has 5 heterocycles. The van der Waals surface area contributed by atoms with Crippen LogP contribution in [0.25, 0.3) is 0 Å². The number of aromatic nitrogens is 1. The number of sulfonamides is 1. The van der Waals surface area contributed by atoms with Gasteiger partial charge in [0.1, 0.15) is 16.4 Å². The molecule has 3 amide bonds. The molecule has 1 atom stereocenters. The summed E-state index contributed by atoms with van der Waals surface area (Å²) in [6, 6.07) is 13.9. The summed E-state index contributed by atoms with van der Waals surface area (Å²) in [5.74, 6) is -0.663. The van der Waals surface area contributed by atoms with Crippen molar-refractivity contribution in [3.63, 3.8) is 0 Å². The van der Waals surface area contributed by atoms with Gasteiger partial charge in [-0.1, -0.05) is 0 Å². The number of anilines is 1. The largest absolute Gasteiger partial charge is 0.497 e. The smallest absolute Gasteiger partial charge is 0.318 e. The Morgan fingerprint density at radius 3 is 2.32 bits per heavy atom. The van der Waals surface area contributed by atoms with Gasteiger partial charge in [-0.3, -0.25) is 14.6 Å². The number of fused-ring (bicyclic) bond motifs is 1. The van der Waals surface area contributed by atoms with Crippen molar-refractivity contribution in [2.24, 2.45) is 0 Å². The predicted octanol–water partition coefficient (Wildman–Crippen LogP) is 2.54. The number of carbonyl (C=O) groups is 2. The standard InChI is InChI=1S/C37H43N7O8S/c1-4-52-34-29(6-5-13-39-34)37(40-36(46)43-14-11-26(12-15-43)41-16-18-42(19-17-41)27-23-51-24-27)30-20-25(22-38)7-9-31(30)44(35(37)45)53(47,48)33-10-8-28(49-2)21-32(33)50-3/h5-10,13,20-21,26-27H,4,11-12,14-19,23-24H2,1-3H3,(H,40,46)/t37-/m1/s1. The number of pyridine rings is 1. The summed E-state index contributed by atoms with van der Waals surface area (Å²) in [4.78, 5) is 40.4. The number of methoxy groups -OCH3 is 2. The van der Waals surface area contributed by atoms with E-state index in [0.717, 1.165) is 52.2 Å². The lowest BCUT2D eigenvalue weighted by Crippen LogP contribution is -2.61. The fourth-order valence-electron chi connectivity index (χ4n) is 7.74. The van der Waals surface area contributed by atoms with Crippen molar-refractivity contribution >= 4 is 27.6 Å². The predicted molar refractivity (Wildman–Crippen MR) is 192 cm³/mol. The number of hydrogen-bond acceptors (Lipinski definition) is 12. The van der Waals surface area contributed by atoms with Crippen LogP contribution in [0.5, 0.6) is 17.4 Å². The van der Waals surface area contributed by atoms with E-state index >= 15 is 4.79 Å². The quantitative estimate of drug-likeness (QED) is 0.323. The van der Waals surface area contributed by atoms with Crippen molar-refractivity contribution in [2.75, 3.05) is 77.6 Å². The molecule has 2 aromatic carbocycles. The first-order valence-electron chi connectivity index (χ1n) is 17.7. The molecule has 0 aliphatic carbocycles. The van der Waals surface area contributed by atoms with Gasteiger partial charge >= 0.3 is 6.03 Å². The van der Waals surface area contributed by atoms with Gasteiger partial charge in [-0.2, -0.15) is 9.57 Å². The van der Waals surface area contributed by atoms with Gasteiger partial charge in [0.25, 0.3) is 15.9 Å². The molecule has 0 bridgehead atoms. The number of piperazine rings is 1. The van der Waals surface area contributed by atoms with Crippen molar-refractivity contribution < 1.29 is 37.0 Å². The zero-order chi connectivity index (χ0) is 37.3. The van der Waals surface area contributed by atoms with Crippen LogP contribution in [-0.4, -0.2) is 125 Å². The van der Waals surface area contributed by atoms with Crippen LogP contribution < -0.4 is 23.8 Å². The Hall–Kier alpha value is -4.95. The van der Waals surface area contributed by atoms with E-state index in [9.17, 15) is 18.5 Å². The van der Waals surface area contributed by atoms with Crippen LogP contribution in [0.1, 0.15) is 36.5 Å². The maximum atomic E-state index is 15.2. The van der Waals surface area contributed by atoms with E-state index in [0.29, 0.717) is 35.2 Å². The van der Waals surface area contributed by atoms with Gasteiger partial charge in [0.15, 0.2) is 5.54 Å². The summed E-state index contributed by atoms with van der Waals surface area (Å²) in [5.41, 5.74) is -1.82. The normalized spacial score (nSPS) is 21.4. The van der Waals surface area contributed by atoms with Crippen molar-refractivity contribution in [2.45, 2.75) is 42.3 Å². The van der Waals surface area contributed by atoms with Gasteiger partial charge in [0.2, 0.25) is 5.88 Å². The van der Waals surface area contributed by atoms with Gasteiger partial charge in [-0.25, -0.2) is 18.2 Å². The van der Waals surface area contributed by atoms with Crippen LogP contribution in [0.3, 0.4) is 0 Å². The summed E-state index contributed by atoms with van der Waals surface area (Å²) in [7, 11) is -1.95. The number of benzene rings is 2. The highest BCUT2D eigenvalue weighted by Crippen LogP contribution is 2.50. The zero-order valence-electron chi connectivity index (χ0n) is 30.0. The molecule has 7 rings (SSSR count). The number of piperidine rings is 1. The minimum Gasteiger partial charge on any atom is -0.497 e. The lowest BCUT2D eigenvalue weighted by molar-refractivity contribution is -0.121. The molecule has 280 valence electrons. The molecule has 0 saturated carbocycles. The van der Waals surface area contributed by atoms with Crippen molar-refractivity contribution in [3.05, 3.63) is 71.4 Å². The van der Waals surface area contributed by atoms with Crippen LogP contribution in [0, 0.1) is 11.3 Å². The third kappa shape index (κ3) is 6.41. The van der Waals surface area contributed by atoms with Crippen LogP contribution in [-0.2, 0) is 25.1 Å². The number of nitrogens with zero attached hydrogens (tertiary/aromatic N) is 6. The van der Waals surface area contributed by atoms with Crippen molar-refractivity contribution in [3.8, 4) is 23.4 Å². The van der Waals surface area contributed by atoms with E-state index in [4.69, 9.17) is 18.9 Å². The van der Waals surface area contributed by atoms with Gasteiger partial charge in [-0.05, 0) is 62.2 Å². The molecule has 1 aromatic heterocycles. The molecule has 0 unspecified atom stereocenters. The average molecular weight is 746 g/mol. The summed E-state index contributed by atoms with van der Waals surface area (Å²) in [5, 5.41) is 12.9. The lowest BCUT2D eigenvalue weighted by atomic mass is 9.83. The summed E-state index contributed by atoms with van der Waals surface area (Å²) in [6.45, 7) is 8.25. The second kappa shape index (κ2) is 14.8. The Labute approximate surface area is 309 Å². The minimum atomic E-state index is -4.70. The fourth-order valence-corrected chi connectivity index (χ4v) is 9.34. The second-order valence-corrected chi connectivity index (χ2v) is 15.1. The Kier molecular flexibility index (Phi) is 10.2. The molecule has 16 heteroatoms. The molecule has 15 nitrogen and oxygen atoms in total. The van der Waals surface area contributed by atoms with E-state index in [2.05, 4.69) is 26.2 Å². The van der Waals surface area contributed by atoms with Gasteiger partial charge in [0.05, 0.1) is 63.0 Å². The maximum Gasteiger partial charge on any atom is 0.318 e. The monoisotopic (exact) mass is 745 g/mol. The van der Waals surface area contributed by atoms with Gasteiger partial charge < -0.3 is 29.2 Å². The van der Waals surface area contributed by atoms with E-state index in [1.165, 1.54) is 56.8 Å². The summed E-state index contributed by atoms with van der Waals surface area (Å²) >= 11 is 0. The minimum absolute atomic E-state index is 0.0320. The Balaban J connectivity index is 1.25. The summed E-state index contributed by atoms with van der Waals surface area (Å²) < 4.78 is 52.0. The van der Waals surface area contributed by atoms with Crippen LogP contribution in [0.4, 0.5) is 10.5 Å². The van der Waals surface area contributed by atoms with Crippen LogP contribution in [0.2, 0.25) is 0 Å². The number of amides is 3. The highest BCUT2D eigenvalue weighted by molar-refractivity contribution is 7.93. The molecule has 3 aromatic rings. The average Bonchev–Trinajstić information content (AvgIpc) is 3.41. The Bertz CT molecular complexity index is 2020. The maximum absolute atomic E-state index is 15.2. The highest BCUT2D eigenvalue weighted by Gasteiger charge is 2.59. The number of nitriles is 1. The van der Waals surface area contributed by atoms with E-state index in [1.807, 2.05) is 0 Å². The Morgan fingerprint density at radius 2 is 1.70 bits per heavy atom. The first-order valence-corrected chi connectivity index (χ1v) is 19.2. The number of urea groups is 1. The molecule has 3 saturated heterocycles. The third-order valence-corrected chi connectivity index (χ3v) is 12.4. The fraction of sp³-hybridized carbons (Fsp3) is 0.459. The molecule has 3 fully saturated rings. The molecular formula is C37H43N7O8S. The van der Waals surface area contributed by atoms with E-state index < -0.39 is 27.5 Å². The number of carbonyl (C=O) groups excluding carboxylic acids is 2. The first kappa shape index (κ1) is 36.4. The third-order valence-electron chi connectivity index (χ3n) is 10.6. The van der Waals surface area contributed by atoms with Crippen molar-refractivity contribution in [1.82, 2.24) is 25.0 Å². The number of hydrogen-bond donors (Lipinski definition) is 1. The molecule has 0 radical (unpaired) electrons. The molecule has 0 spiro atoms. The molecule has 1 N–H and O–H groups in total. The first-order chi connectivity index (χ1) is 25.7. The highest BCUT2D eigenvalue weighted by atomic mass is 32.2. The number of rotatable bonds is 10. The Morgan fingerprint density at radius 1 is 0.981 bits per heavy atom. The zero-order valence-corrected chi connectivity index (χ0v) is 30.8. The van der Waals surface area contributed by atoms with Gasteiger partial charge in [-0.15, -0.1) is 0 Å². The molecule has 4 aliphatic rings. The lowest BCUT2D eigenvalue weighted by Gasteiger charge is -2.46. The second-order valence-electron chi connectivity index (χ2n) is 13.4. The molecular weight excluding hydrogens is 703 g/mol. The van der Waals surface area contributed by atoms with E-state index in [-0.39, 0.29) is 45.5 Å². The van der Waals surface area contributed by atoms with Crippen LogP contribution in [0.15, 0.2) is 59.6 Å². The summed E-state index contributed by atoms with van der Waals surface area (Å²) in [6.07, 6.45) is 2.97. The van der Waals surface area contributed by atoms with Gasteiger partial charge in [0, 0.05) is 63.1 Å². The SMILES string of the molecule is CCOc1ncccc1[C@]1(NC(=O)N2CCC(N3CCN(C4COC4)CC3)CC2)C(=O)N(S(=O)(=O)c2ccc(OC)cc2OC)c2ccc(C#N)cc21. The topological polar surface area (TPSA) is 167 Å². The number of likely N-dealkylation sites (tertiary alicyclic amines) is 1.